The number of hydrogen-bond donors (Lipinski definition) is 3. The second-order valence-electron chi connectivity index (χ2n) is 5.25. The van der Waals surface area contributed by atoms with Crippen LogP contribution in [0.1, 0.15) is 27.3 Å². The fourth-order valence-electron chi connectivity index (χ4n) is 2.47. The summed E-state index contributed by atoms with van der Waals surface area (Å²) in [5.41, 5.74) is 1.41. The highest BCUT2D eigenvalue weighted by atomic mass is 32.1. The Bertz CT molecular complexity index is 858. The first-order valence-corrected chi connectivity index (χ1v) is 8.30. The van der Waals surface area contributed by atoms with Gasteiger partial charge in [0.2, 0.25) is 5.78 Å². The number of rotatable bonds is 3. The Morgan fingerprint density at radius 3 is 2.80 bits per heavy atom. The van der Waals surface area contributed by atoms with Crippen LogP contribution in [0.25, 0.3) is 5.76 Å². The predicted molar refractivity (Wildman–Crippen MR) is 94.1 cm³/mol. The van der Waals surface area contributed by atoms with E-state index in [1.165, 1.54) is 13.3 Å². The topological polar surface area (TPSA) is 113 Å². The Kier molecular flexibility index (Phi) is 4.66. The molecule has 0 spiro atoms. The van der Waals surface area contributed by atoms with Crippen LogP contribution in [0.4, 0.5) is 15.7 Å². The second kappa shape index (κ2) is 6.89. The standard InChI is InChI=1S/C16H16N4O4S/c1-17-11-6-3-8(7-18-11)12(21)9-4-5-10-14(13(9)22)25-15(19-10)20-16(23)24-2/h3,6-7,21H,4-5H2,1-2H3,(H,17,18)(H,19,20,23). The first kappa shape index (κ1) is 16.9. The number of methoxy groups -OCH3 is 1. The molecule has 3 rings (SSSR count). The van der Waals surface area contributed by atoms with Crippen molar-refractivity contribution >= 4 is 39.9 Å². The lowest BCUT2D eigenvalue weighted by molar-refractivity contribution is 0.102. The number of allylic oxidation sites excluding steroid dienone is 1. The van der Waals surface area contributed by atoms with E-state index in [1.807, 2.05) is 0 Å². The first-order valence-electron chi connectivity index (χ1n) is 7.49. The van der Waals surface area contributed by atoms with Gasteiger partial charge in [-0.1, -0.05) is 11.3 Å². The summed E-state index contributed by atoms with van der Waals surface area (Å²) >= 11 is 1.07. The third kappa shape index (κ3) is 3.31. The van der Waals surface area contributed by atoms with Crippen LogP contribution in [-0.2, 0) is 11.2 Å². The highest BCUT2D eigenvalue weighted by molar-refractivity contribution is 7.18. The Hall–Kier alpha value is -2.94. The molecule has 0 saturated carbocycles. The molecule has 0 fully saturated rings. The number of aromatic nitrogens is 2. The molecule has 2 aromatic heterocycles. The van der Waals surface area contributed by atoms with E-state index in [0.29, 0.717) is 45.5 Å². The van der Waals surface area contributed by atoms with Crippen molar-refractivity contribution in [1.29, 1.82) is 0 Å². The van der Waals surface area contributed by atoms with Gasteiger partial charge >= 0.3 is 6.09 Å². The Morgan fingerprint density at radius 2 is 2.16 bits per heavy atom. The van der Waals surface area contributed by atoms with Crippen LogP contribution in [0.5, 0.6) is 0 Å². The molecule has 1 aliphatic rings. The van der Waals surface area contributed by atoms with E-state index in [4.69, 9.17) is 0 Å². The van der Waals surface area contributed by atoms with Crippen LogP contribution in [0.3, 0.4) is 0 Å². The van der Waals surface area contributed by atoms with E-state index in [2.05, 4.69) is 25.3 Å². The van der Waals surface area contributed by atoms with Crippen molar-refractivity contribution in [3.8, 4) is 0 Å². The van der Waals surface area contributed by atoms with Crippen molar-refractivity contribution in [2.75, 3.05) is 24.8 Å². The number of aliphatic hydroxyl groups excluding tert-OH is 1. The van der Waals surface area contributed by atoms with Crippen LogP contribution in [0.2, 0.25) is 0 Å². The van der Waals surface area contributed by atoms with Gasteiger partial charge in [-0.05, 0) is 25.0 Å². The molecule has 1 amide bonds. The van der Waals surface area contributed by atoms with Gasteiger partial charge in [0.15, 0.2) is 5.13 Å². The lowest BCUT2D eigenvalue weighted by Gasteiger charge is -2.14. The minimum absolute atomic E-state index is 0.0818. The van der Waals surface area contributed by atoms with E-state index >= 15 is 0 Å². The van der Waals surface area contributed by atoms with E-state index in [1.54, 1.807) is 19.2 Å². The van der Waals surface area contributed by atoms with Gasteiger partial charge in [-0.15, -0.1) is 0 Å². The molecule has 9 heteroatoms. The molecule has 3 N–H and O–H groups in total. The number of anilines is 2. The van der Waals surface area contributed by atoms with Crippen molar-refractivity contribution in [3.05, 3.63) is 40.0 Å². The first-order chi connectivity index (χ1) is 12.0. The van der Waals surface area contributed by atoms with E-state index in [0.717, 1.165) is 11.3 Å². The van der Waals surface area contributed by atoms with Gasteiger partial charge in [0.1, 0.15) is 16.5 Å². The van der Waals surface area contributed by atoms with E-state index in [9.17, 15) is 14.7 Å². The van der Waals surface area contributed by atoms with Crippen LogP contribution >= 0.6 is 11.3 Å². The molecular weight excluding hydrogens is 344 g/mol. The van der Waals surface area contributed by atoms with Gasteiger partial charge < -0.3 is 15.2 Å². The molecular formula is C16H16N4O4S. The lowest BCUT2D eigenvalue weighted by atomic mass is 9.93. The molecule has 0 atom stereocenters. The molecule has 130 valence electrons. The monoisotopic (exact) mass is 360 g/mol. The molecule has 25 heavy (non-hydrogen) atoms. The molecule has 2 aromatic rings. The van der Waals surface area contributed by atoms with Gasteiger partial charge in [0.25, 0.3) is 0 Å². The van der Waals surface area contributed by atoms with E-state index < -0.39 is 6.09 Å². The van der Waals surface area contributed by atoms with Gasteiger partial charge in [-0.3, -0.25) is 10.1 Å². The number of hydrogen-bond acceptors (Lipinski definition) is 8. The van der Waals surface area contributed by atoms with Crippen LogP contribution in [0.15, 0.2) is 23.9 Å². The molecule has 1 aliphatic carbocycles. The third-order valence-corrected chi connectivity index (χ3v) is 4.77. The predicted octanol–water partition coefficient (Wildman–Crippen LogP) is 2.86. The number of carbonyl (C=O) groups is 2. The Balaban J connectivity index is 1.90. The SMILES string of the molecule is CNc1ccc(C(O)=C2CCc3nc(NC(=O)OC)sc3C2=O)cn1. The zero-order chi connectivity index (χ0) is 18.0. The number of carbonyl (C=O) groups excluding carboxylic acids is 2. The zero-order valence-electron chi connectivity index (χ0n) is 13.6. The van der Waals surface area contributed by atoms with Crippen LogP contribution in [0, 0.1) is 0 Å². The molecule has 2 heterocycles. The number of Topliss-reactive ketones (excluding diaryl/α,β-unsaturated/α-hetero) is 1. The van der Waals surface area contributed by atoms with Crippen molar-refractivity contribution in [2.45, 2.75) is 12.8 Å². The number of aryl methyl sites for hydroxylation is 1. The van der Waals surface area contributed by atoms with Gasteiger partial charge in [-0.2, -0.15) is 0 Å². The minimum atomic E-state index is -0.646. The highest BCUT2D eigenvalue weighted by Crippen LogP contribution is 2.34. The van der Waals surface area contributed by atoms with Gasteiger partial charge in [0, 0.05) is 24.4 Å². The smallest absolute Gasteiger partial charge is 0.413 e. The summed E-state index contributed by atoms with van der Waals surface area (Å²) in [6, 6.07) is 3.41. The Labute approximate surface area is 147 Å². The summed E-state index contributed by atoms with van der Waals surface area (Å²) in [6.45, 7) is 0. The number of aliphatic hydroxyl groups is 1. The number of pyridine rings is 1. The lowest BCUT2D eigenvalue weighted by Crippen LogP contribution is -2.14. The van der Waals surface area contributed by atoms with Crippen molar-refractivity contribution in [2.24, 2.45) is 0 Å². The highest BCUT2D eigenvalue weighted by Gasteiger charge is 2.29. The summed E-state index contributed by atoms with van der Waals surface area (Å²) in [5, 5.41) is 16.1. The summed E-state index contributed by atoms with van der Waals surface area (Å²) in [6.07, 6.45) is 1.73. The Morgan fingerprint density at radius 1 is 1.36 bits per heavy atom. The number of ketones is 1. The van der Waals surface area contributed by atoms with Crippen molar-refractivity contribution < 1.29 is 19.4 Å². The molecule has 8 nitrogen and oxygen atoms in total. The molecule has 0 saturated heterocycles. The summed E-state index contributed by atoms with van der Waals surface area (Å²) < 4.78 is 4.52. The number of nitrogens with one attached hydrogen (secondary N) is 2. The summed E-state index contributed by atoms with van der Waals surface area (Å²) in [5.74, 6) is 0.299. The largest absolute Gasteiger partial charge is 0.507 e. The molecule has 0 aliphatic heterocycles. The number of nitrogens with zero attached hydrogens (tertiary/aromatic N) is 2. The average molecular weight is 360 g/mol. The quantitative estimate of drug-likeness (QED) is 0.570. The molecule has 0 bridgehead atoms. The minimum Gasteiger partial charge on any atom is -0.507 e. The maximum Gasteiger partial charge on any atom is 0.413 e. The fraction of sp³-hybridized carbons (Fsp3) is 0.250. The van der Waals surface area contributed by atoms with Crippen molar-refractivity contribution in [1.82, 2.24) is 9.97 Å². The summed E-state index contributed by atoms with van der Waals surface area (Å²) in [7, 11) is 3.00. The maximum absolute atomic E-state index is 12.7. The molecule has 0 aromatic carbocycles. The van der Waals surface area contributed by atoms with Gasteiger partial charge in [-0.25, -0.2) is 14.8 Å². The van der Waals surface area contributed by atoms with E-state index in [-0.39, 0.29) is 11.5 Å². The van der Waals surface area contributed by atoms with Crippen LogP contribution < -0.4 is 10.6 Å². The zero-order valence-corrected chi connectivity index (χ0v) is 14.4. The average Bonchev–Trinajstić information content (AvgIpc) is 3.05. The van der Waals surface area contributed by atoms with Gasteiger partial charge in [0.05, 0.1) is 12.8 Å². The summed E-state index contributed by atoms with van der Waals surface area (Å²) in [4.78, 5) is 32.8. The number of thiazole rings is 1. The molecule has 0 unspecified atom stereocenters. The third-order valence-electron chi connectivity index (χ3n) is 3.76. The number of ether oxygens (including phenoxy) is 1. The normalized spacial score (nSPS) is 15.4. The fourth-order valence-corrected chi connectivity index (χ4v) is 3.43. The molecule has 0 radical (unpaired) electrons. The number of fused-ring (bicyclic) bond motifs is 1. The second-order valence-corrected chi connectivity index (χ2v) is 6.25. The number of amides is 1. The maximum atomic E-state index is 12.7. The van der Waals surface area contributed by atoms with Crippen molar-refractivity contribution in [3.63, 3.8) is 0 Å². The van der Waals surface area contributed by atoms with Crippen LogP contribution in [-0.4, -0.2) is 41.1 Å².